The topological polar surface area (TPSA) is 119 Å². The quantitative estimate of drug-likeness (QED) is 0.746. The number of rotatable bonds is 6. The number of hydrogen-bond donors (Lipinski definition) is 2. The van der Waals surface area contributed by atoms with Crippen molar-refractivity contribution < 1.29 is 16.8 Å². The summed E-state index contributed by atoms with van der Waals surface area (Å²) in [4.78, 5) is 3.65. The molecule has 1 fully saturated rings. The minimum absolute atomic E-state index is 0. The fourth-order valence-corrected chi connectivity index (χ4v) is 4.53. The highest BCUT2D eigenvalue weighted by Gasteiger charge is 2.28. The average Bonchev–Trinajstić information content (AvgIpc) is 2.98. The Morgan fingerprint density at radius 1 is 1.26 bits per heavy atom. The maximum Gasteiger partial charge on any atom is 0.242 e. The lowest BCUT2D eigenvalue weighted by Gasteiger charge is -2.22. The van der Waals surface area contributed by atoms with Crippen LogP contribution in [0.2, 0.25) is 0 Å². The Bertz CT molecular complexity index is 714. The Morgan fingerprint density at radius 3 is 2.30 bits per heavy atom. The van der Waals surface area contributed by atoms with Crippen molar-refractivity contribution >= 4 is 32.3 Å². The molecule has 23 heavy (non-hydrogen) atoms. The number of pyridine rings is 1. The summed E-state index contributed by atoms with van der Waals surface area (Å²) in [6.45, 7) is 0.235. The van der Waals surface area contributed by atoms with Crippen molar-refractivity contribution in [3.05, 3.63) is 18.3 Å². The van der Waals surface area contributed by atoms with Crippen LogP contribution in [-0.2, 0) is 19.9 Å². The second-order valence-electron chi connectivity index (χ2n) is 5.61. The van der Waals surface area contributed by atoms with Crippen molar-refractivity contribution in [1.82, 2.24) is 9.71 Å². The van der Waals surface area contributed by atoms with Gasteiger partial charge in [-0.1, -0.05) is 12.8 Å². The van der Waals surface area contributed by atoms with Gasteiger partial charge in [0.15, 0.2) is 14.9 Å². The minimum Gasteiger partial charge on any atom is -0.329 e. The second-order valence-corrected chi connectivity index (χ2v) is 9.29. The summed E-state index contributed by atoms with van der Waals surface area (Å²) in [6.07, 6.45) is 6.19. The largest absolute Gasteiger partial charge is 0.329 e. The Balaban J connectivity index is 0.00000264. The maximum absolute atomic E-state index is 12.4. The molecule has 1 atom stereocenters. The number of sulfonamides is 1. The Hall–Kier alpha value is -0.740. The van der Waals surface area contributed by atoms with Gasteiger partial charge in [0.1, 0.15) is 4.90 Å². The number of nitrogens with one attached hydrogen (secondary N) is 1. The monoisotopic (exact) mass is 383 g/mol. The van der Waals surface area contributed by atoms with Crippen molar-refractivity contribution in [1.29, 1.82) is 0 Å². The van der Waals surface area contributed by atoms with Crippen LogP contribution in [0.3, 0.4) is 0 Å². The zero-order valence-corrected chi connectivity index (χ0v) is 15.3. The highest BCUT2D eigenvalue weighted by atomic mass is 35.5. The van der Waals surface area contributed by atoms with E-state index in [0.29, 0.717) is 0 Å². The van der Waals surface area contributed by atoms with E-state index in [-0.39, 0.29) is 40.8 Å². The highest BCUT2D eigenvalue weighted by Crippen LogP contribution is 2.28. The van der Waals surface area contributed by atoms with E-state index in [4.69, 9.17) is 5.73 Å². The molecule has 132 valence electrons. The van der Waals surface area contributed by atoms with E-state index >= 15 is 0 Å². The lowest BCUT2D eigenvalue weighted by atomic mass is 9.99. The summed E-state index contributed by atoms with van der Waals surface area (Å²) in [7, 11) is -7.21. The first-order valence-corrected chi connectivity index (χ1v) is 10.5. The molecule has 2 rings (SSSR count). The second kappa shape index (κ2) is 7.89. The lowest BCUT2D eigenvalue weighted by Crippen LogP contribution is -2.44. The molecule has 1 unspecified atom stereocenters. The van der Waals surface area contributed by atoms with E-state index in [2.05, 4.69) is 9.71 Å². The Morgan fingerprint density at radius 2 is 1.87 bits per heavy atom. The molecule has 1 saturated carbocycles. The highest BCUT2D eigenvalue weighted by molar-refractivity contribution is 7.90. The van der Waals surface area contributed by atoms with Crippen molar-refractivity contribution in [3.63, 3.8) is 0 Å². The van der Waals surface area contributed by atoms with Gasteiger partial charge < -0.3 is 5.73 Å². The van der Waals surface area contributed by atoms with Crippen LogP contribution in [-0.4, -0.2) is 40.7 Å². The standard InChI is InChI=1S/C13H21N3O4S2.ClH/c1-21(17,18)13-7-6-11(9-15-13)22(19,20)16-12(8-14)10-4-2-3-5-10;/h6-7,9-10,12,16H,2-5,8,14H2,1H3;1H. The summed E-state index contributed by atoms with van der Waals surface area (Å²) >= 11 is 0. The molecule has 1 aliphatic rings. The Labute approximate surface area is 143 Å². The van der Waals surface area contributed by atoms with Gasteiger partial charge in [-0.05, 0) is 30.9 Å². The summed E-state index contributed by atoms with van der Waals surface area (Å²) in [5, 5.41) is -0.155. The average molecular weight is 384 g/mol. The minimum atomic E-state index is -3.76. The summed E-state index contributed by atoms with van der Waals surface area (Å²) in [5.41, 5.74) is 5.70. The van der Waals surface area contributed by atoms with Crippen LogP contribution in [0.5, 0.6) is 0 Å². The van der Waals surface area contributed by atoms with E-state index < -0.39 is 19.9 Å². The first-order valence-electron chi connectivity index (χ1n) is 7.12. The van der Waals surface area contributed by atoms with Crippen LogP contribution in [0.15, 0.2) is 28.3 Å². The molecular formula is C13H22ClN3O4S2. The molecule has 0 aliphatic heterocycles. The predicted octanol–water partition coefficient (Wildman–Crippen LogP) is 0.703. The number of aromatic nitrogens is 1. The lowest BCUT2D eigenvalue weighted by molar-refractivity contribution is 0.405. The third-order valence-electron chi connectivity index (χ3n) is 3.93. The first-order chi connectivity index (χ1) is 10.2. The SMILES string of the molecule is CS(=O)(=O)c1ccc(S(=O)(=O)NC(CN)C2CCCC2)cn1.Cl. The molecule has 0 saturated heterocycles. The van der Waals surface area contributed by atoms with Gasteiger partial charge >= 0.3 is 0 Å². The molecule has 1 aliphatic carbocycles. The molecule has 0 bridgehead atoms. The predicted molar refractivity (Wildman–Crippen MR) is 89.7 cm³/mol. The van der Waals surface area contributed by atoms with Gasteiger partial charge in [-0.15, -0.1) is 12.4 Å². The van der Waals surface area contributed by atoms with Crippen LogP contribution >= 0.6 is 12.4 Å². The third kappa shape index (κ3) is 5.12. The number of nitrogens with zero attached hydrogens (tertiary/aromatic N) is 1. The molecule has 0 aromatic carbocycles. The maximum atomic E-state index is 12.4. The van der Waals surface area contributed by atoms with Crippen LogP contribution in [0.25, 0.3) is 0 Å². The van der Waals surface area contributed by atoms with E-state index in [9.17, 15) is 16.8 Å². The molecule has 0 amide bonds. The number of halogens is 1. The zero-order valence-electron chi connectivity index (χ0n) is 12.8. The number of nitrogens with two attached hydrogens (primary N) is 1. The summed E-state index contributed by atoms with van der Waals surface area (Å²) in [5.74, 6) is 0.253. The Kier molecular flexibility index (Phi) is 6.96. The summed E-state index contributed by atoms with van der Waals surface area (Å²) in [6, 6.07) is 2.13. The van der Waals surface area contributed by atoms with Crippen molar-refractivity contribution in [2.45, 2.75) is 41.6 Å². The van der Waals surface area contributed by atoms with Gasteiger partial charge in [-0.2, -0.15) is 0 Å². The zero-order chi connectivity index (χ0) is 16.4. The van der Waals surface area contributed by atoms with Crippen LogP contribution < -0.4 is 10.5 Å². The summed E-state index contributed by atoms with van der Waals surface area (Å²) < 4.78 is 50.0. The van der Waals surface area contributed by atoms with Gasteiger partial charge in [0.2, 0.25) is 10.0 Å². The van der Waals surface area contributed by atoms with Gasteiger partial charge in [0.05, 0.1) is 0 Å². The molecule has 1 aromatic heterocycles. The fraction of sp³-hybridized carbons (Fsp3) is 0.615. The van der Waals surface area contributed by atoms with Crippen LogP contribution in [0.4, 0.5) is 0 Å². The molecular weight excluding hydrogens is 362 g/mol. The number of hydrogen-bond acceptors (Lipinski definition) is 6. The van der Waals surface area contributed by atoms with E-state index in [0.717, 1.165) is 38.1 Å². The number of sulfone groups is 1. The molecule has 1 aromatic rings. The van der Waals surface area contributed by atoms with Crippen LogP contribution in [0.1, 0.15) is 25.7 Å². The normalized spacial score (nSPS) is 17.7. The third-order valence-corrected chi connectivity index (χ3v) is 6.41. The molecule has 10 heteroatoms. The van der Waals surface area contributed by atoms with E-state index in [1.165, 1.54) is 12.1 Å². The van der Waals surface area contributed by atoms with Crippen molar-refractivity contribution in [3.8, 4) is 0 Å². The van der Waals surface area contributed by atoms with Gasteiger partial charge in [-0.25, -0.2) is 26.5 Å². The molecule has 7 nitrogen and oxygen atoms in total. The van der Waals surface area contributed by atoms with Crippen LogP contribution in [0, 0.1) is 5.92 Å². The van der Waals surface area contributed by atoms with Gasteiger partial charge in [0, 0.05) is 25.0 Å². The molecule has 1 heterocycles. The molecule has 3 N–H and O–H groups in total. The van der Waals surface area contributed by atoms with Gasteiger partial charge in [-0.3, -0.25) is 0 Å². The smallest absolute Gasteiger partial charge is 0.242 e. The van der Waals surface area contributed by atoms with Gasteiger partial charge in [0.25, 0.3) is 0 Å². The van der Waals surface area contributed by atoms with Crippen molar-refractivity contribution in [2.24, 2.45) is 11.7 Å². The molecule has 0 radical (unpaired) electrons. The van der Waals surface area contributed by atoms with E-state index in [1.807, 2.05) is 0 Å². The van der Waals surface area contributed by atoms with Crippen molar-refractivity contribution in [2.75, 3.05) is 12.8 Å². The molecule has 0 spiro atoms. The first kappa shape index (κ1) is 20.3. The van der Waals surface area contributed by atoms with E-state index in [1.54, 1.807) is 0 Å². The fourth-order valence-electron chi connectivity index (χ4n) is 2.71.